The first-order chi connectivity index (χ1) is 12.5. The second-order valence-electron chi connectivity index (χ2n) is 5.74. The second kappa shape index (κ2) is 10.3. The van der Waals surface area contributed by atoms with E-state index in [1.165, 1.54) is 4.88 Å². The zero-order valence-corrected chi connectivity index (χ0v) is 17.6. The number of carbonyl (C=O) groups excluding carboxylic acids is 1. The SMILES string of the molecule is CCNC(=NCC(=O)Nc1cc(Br)ccc1C)NCCc1ncc(C)s1. The van der Waals surface area contributed by atoms with Gasteiger partial charge in [-0.1, -0.05) is 22.0 Å². The third kappa shape index (κ3) is 6.76. The minimum Gasteiger partial charge on any atom is -0.357 e. The predicted octanol–water partition coefficient (Wildman–Crippen LogP) is 3.26. The number of benzene rings is 1. The van der Waals surface area contributed by atoms with Crippen LogP contribution >= 0.6 is 27.3 Å². The van der Waals surface area contributed by atoms with Gasteiger partial charge in [-0.05, 0) is 38.5 Å². The van der Waals surface area contributed by atoms with Gasteiger partial charge in [0.2, 0.25) is 5.91 Å². The summed E-state index contributed by atoms with van der Waals surface area (Å²) in [4.78, 5) is 22.1. The number of aromatic nitrogens is 1. The molecular weight excluding hydrogens is 414 g/mol. The molecule has 0 radical (unpaired) electrons. The number of aryl methyl sites for hydroxylation is 2. The van der Waals surface area contributed by atoms with Gasteiger partial charge < -0.3 is 16.0 Å². The molecule has 2 aromatic rings. The molecule has 1 amide bonds. The zero-order valence-electron chi connectivity index (χ0n) is 15.2. The van der Waals surface area contributed by atoms with E-state index in [4.69, 9.17) is 0 Å². The molecule has 6 nitrogen and oxygen atoms in total. The highest BCUT2D eigenvalue weighted by Gasteiger charge is 2.06. The fraction of sp³-hybridized carbons (Fsp3) is 0.389. The third-order valence-electron chi connectivity index (χ3n) is 3.50. The first kappa shape index (κ1) is 20.4. The predicted molar refractivity (Wildman–Crippen MR) is 112 cm³/mol. The number of carbonyl (C=O) groups is 1. The van der Waals surface area contributed by atoms with Crippen LogP contribution in [0.2, 0.25) is 0 Å². The number of nitrogens with one attached hydrogen (secondary N) is 3. The van der Waals surface area contributed by atoms with Crippen LogP contribution in [-0.4, -0.2) is 36.5 Å². The van der Waals surface area contributed by atoms with Crippen molar-refractivity contribution in [3.05, 3.63) is 44.3 Å². The lowest BCUT2D eigenvalue weighted by atomic mass is 10.2. The summed E-state index contributed by atoms with van der Waals surface area (Å²) < 4.78 is 0.925. The van der Waals surface area contributed by atoms with E-state index in [9.17, 15) is 4.79 Å². The first-order valence-electron chi connectivity index (χ1n) is 8.47. The van der Waals surface area contributed by atoms with Crippen molar-refractivity contribution in [2.45, 2.75) is 27.2 Å². The molecule has 26 heavy (non-hydrogen) atoms. The van der Waals surface area contributed by atoms with Gasteiger partial charge in [0, 0.05) is 40.7 Å². The number of hydrogen-bond acceptors (Lipinski definition) is 4. The number of aliphatic imine (C=N–C) groups is 1. The molecular formula is C18H24BrN5OS. The van der Waals surface area contributed by atoms with Crippen LogP contribution in [-0.2, 0) is 11.2 Å². The van der Waals surface area contributed by atoms with Gasteiger partial charge >= 0.3 is 0 Å². The van der Waals surface area contributed by atoms with Gasteiger partial charge in [-0.2, -0.15) is 0 Å². The van der Waals surface area contributed by atoms with Crippen LogP contribution in [0.4, 0.5) is 5.69 Å². The van der Waals surface area contributed by atoms with Gasteiger partial charge in [-0.15, -0.1) is 11.3 Å². The molecule has 1 aromatic heterocycles. The summed E-state index contributed by atoms with van der Waals surface area (Å²) in [6.07, 6.45) is 2.71. The number of amides is 1. The van der Waals surface area contributed by atoms with E-state index >= 15 is 0 Å². The van der Waals surface area contributed by atoms with Gasteiger partial charge in [-0.25, -0.2) is 9.98 Å². The van der Waals surface area contributed by atoms with E-state index in [2.05, 4.69) is 41.9 Å². The first-order valence-corrected chi connectivity index (χ1v) is 10.1. The molecule has 0 unspecified atom stereocenters. The Bertz CT molecular complexity index is 775. The van der Waals surface area contributed by atoms with E-state index < -0.39 is 0 Å². The molecule has 0 aliphatic heterocycles. The summed E-state index contributed by atoms with van der Waals surface area (Å²) >= 11 is 5.11. The molecule has 0 aliphatic rings. The lowest BCUT2D eigenvalue weighted by Crippen LogP contribution is -2.39. The molecule has 1 aromatic carbocycles. The monoisotopic (exact) mass is 437 g/mol. The summed E-state index contributed by atoms with van der Waals surface area (Å²) in [5.41, 5.74) is 1.80. The van der Waals surface area contributed by atoms with Crippen molar-refractivity contribution in [1.82, 2.24) is 15.6 Å². The Balaban J connectivity index is 1.86. The van der Waals surface area contributed by atoms with Crippen molar-refractivity contribution >= 4 is 44.8 Å². The topological polar surface area (TPSA) is 78.4 Å². The van der Waals surface area contributed by atoms with E-state index in [-0.39, 0.29) is 12.5 Å². The number of rotatable bonds is 7. The molecule has 0 saturated carbocycles. The summed E-state index contributed by atoms with van der Waals surface area (Å²) in [7, 11) is 0. The Labute approximate surface area is 166 Å². The molecule has 0 bridgehead atoms. The lowest BCUT2D eigenvalue weighted by molar-refractivity contribution is -0.114. The highest BCUT2D eigenvalue weighted by molar-refractivity contribution is 9.10. The van der Waals surface area contributed by atoms with E-state index in [0.717, 1.165) is 33.7 Å². The fourth-order valence-corrected chi connectivity index (χ4v) is 3.36. The molecule has 1 heterocycles. The van der Waals surface area contributed by atoms with Gasteiger partial charge in [0.15, 0.2) is 5.96 Å². The van der Waals surface area contributed by atoms with Crippen LogP contribution < -0.4 is 16.0 Å². The maximum absolute atomic E-state index is 12.2. The van der Waals surface area contributed by atoms with E-state index in [1.807, 2.05) is 45.2 Å². The number of thiazole rings is 1. The Kier molecular flexibility index (Phi) is 8.06. The number of hydrogen-bond donors (Lipinski definition) is 3. The summed E-state index contributed by atoms with van der Waals surface area (Å²) in [5.74, 6) is 0.473. The average molecular weight is 438 g/mol. The maximum Gasteiger partial charge on any atom is 0.246 e. The van der Waals surface area contributed by atoms with Crippen LogP contribution in [0, 0.1) is 13.8 Å². The summed E-state index contributed by atoms with van der Waals surface area (Å²) in [6, 6.07) is 5.78. The second-order valence-corrected chi connectivity index (χ2v) is 7.98. The van der Waals surface area contributed by atoms with Crippen LogP contribution in [0.15, 0.2) is 33.9 Å². The third-order valence-corrected chi connectivity index (χ3v) is 4.96. The number of halogens is 1. The van der Waals surface area contributed by atoms with E-state index in [0.29, 0.717) is 12.5 Å². The minimum atomic E-state index is -0.154. The number of anilines is 1. The van der Waals surface area contributed by atoms with Gasteiger partial charge in [0.25, 0.3) is 0 Å². The van der Waals surface area contributed by atoms with Crippen LogP contribution in [0.1, 0.15) is 22.4 Å². The highest BCUT2D eigenvalue weighted by Crippen LogP contribution is 2.20. The highest BCUT2D eigenvalue weighted by atomic mass is 79.9. The standard InChI is InChI=1S/C18H24BrN5OS/c1-4-20-18(21-8-7-17-22-10-13(3)26-17)23-11-16(25)24-15-9-14(19)6-5-12(15)2/h5-6,9-10H,4,7-8,11H2,1-3H3,(H,24,25)(H2,20,21,23). The fourth-order valence-electron chi connectivity index (χ4n) is 2.22. The smallest absolute Gasteiger partial charge is 0.246 e. The Morgan fingerprint density at radius 2 is 2.12 bits per heavy atom. The normalized spacial score (nSPS) is 11.3. The van der Waals surface area contributed by atoms with Gasteiger partial charge in [0.1, 0.15) is 6.54 Å². The largest absolute Gasteiger partial charge is 0.357 e. The molecule has 2 rings (SSSR count). The molecule has 0 fully saturated rings. The molecule has 3 N–H and O–H groups in total. The maximum atomic E-state index is 12.2. The molecule has 0 aliphatic carbocycles. The molecule has 0 atom stereocenters. The molecule has 140 valence electrons. The number of guanidine groups is 1. The van der Waals surface area contributed by atoms with Crippen molar-refractivity contribution in [2.75, 3.05) is 25.0 Å². The molecule has 0 saturated heterocycles. The van der Waals surface area contributed by atoms with Crippen molar-refractivity contribution in [1.29, 1.82) is 0 Å². The van der Waals surface area contributed by atoms with Crippen molar-refractivity contribution in [3.8, 4) is 0 Å². The van der Waals surface area contributed by atoms with Gasteiger partial charge in [-0.3, -0.25) is 4.79 Å². The Morgan fingerprint density at radius 1 is 1.31 bits per heavy atom. The average Bonchev–Trinajstić information content (AvgIpc) is 3.01. The van der Waals surface area contributed by atoms with Crippen LogP contribution in [0.5, 0.6) is 0 Å². The van der Waals surface area contributed by atoms with Crippen LogP contribution in [0.25, 0.3) is 0 Å². The van der Waals surface area contributed by atoms with E-state index in [1.54, 1.807) is 11.3 Å². The summed E-state index contributed by atoms with van der Waals surface area (Å²) in [6.45, 7) is 7.49. The van der Waals surface area contributed by atoms with Crippen LogP contribution in [0.3, 0.4) is 0 Å². The van der Waals surface area contributed by atoms with Gasteiger partial charge in [0.05, 0.1) is 5.01 Å². The number of nitrogens with zero attached hydrogens (tertiary/aromatic N) is 2. The summed E-state index contributed by atoms with van der Waals surface area (Å²) in [5, 5.41) is 10.4. The zero-order chi connectivity index (χ0) is 18.9. The van der Waals surface area contributed by atoms with Crippen molar-refractivity contribution < 1.29 is 4.79 Å². The Hall–Kier alpha value is -1.93. The molecule has 8 heteroatoms. The lowest BCUT2D eigenvalue weighted by Gasteiger charge is -2.11. The minimum absolute atomic E-state index is 0.0532. The van der Waals surface area contributed by atoms with Crippen molar-refractivity contribution in [3.63, 3.8) is 0 Å². The van der Waals surface area contributed by atoms with Crippen molar-refractivity contribution in [2.24, 2.45) is 4.99 Å². The Morgan fingerprint density at radius 3 is 2.81 bits per heavy atom. The molecule has 0 spiro atoms. The quantitative estimate of drug-likeness (QED) is 0.458.